The summed E-state index contributed by atoms with van der Waals surface area (Å²) < 4.78 is 73.3. The van der Waals surface area contributed by atoms with Crippen LogP contribution < -0.4 is 10.5 Å². The van der Waals surface area contributed by atoms with Crippen LogP contribution in [0.2, 0.25) is 0 Å². The van der Waals surface area contributed by atoms with Crippen LogP contribution in [-0.2, 0) is 42.5 Å². The van der Waals surface area contributed by atoms with Gasteiger partial charge in [-0.1, -0.05) is 31.2 Å². The zero-order valence-corrected chi connectivity index (χ0v) is 19.5. The molecule has 31 heavy (non-hydrogen) atoms. The third-order valence-corrected chi connectivity index (χ3v) is 10.5. The van der Waals surface area contributed by atoms with E-state index in [9.17, 15) is 25.3 Å². The van der Waals surface area contributed by atoms with Crippen LogP contribution >= 0.6 is 0 Å². The van der Waals surface area contributed by atoms with E-state index in [0.717, 1.165) is 17.5 Å². The Kier molecular flexibility index (Phi) is 6.92. The summed E-state index contributed by atoms with van der Waals surface area (Å²) in [6, 6.07) is 11.9. The number of nitrogens with two attached hydrogens (primary N) is 1. The molecule has 8 nitrogen and oxygen atoms in total. The molecule has 1 fully saturated rings. The van der Waals surface area contributed by atoms with Crippen LogP contribution in [0.1, 0.15) is 18.1 Å². The maximum absolute atomic E-state index is 13.1. The average molecular weight is 487 g/mol. The van der Waals surface area contributed by atoms with E-state index in [1.807, 2.05) is 6.92 Å². The van der Waals surface area contributed by atoms with Crippen molar-refractivity contribution in [3.05, 3.63) is 59.7 Å². The molecule has 11 heteroatoms. The zero-order valence-electron chi connectivity index (χ0n) is 17.1. The lowest BCUT2D eigenvalue weighted by Crippen LogP contribution is -2.44. The number of hydrogen-bond acceptors (Lipinski definition) is 7. The molecule has 0 radical (unpaired) electrons. The highest BCUT2D eigenvalue weighted by Gasteiger charge is 2.45. The predicted molar refractivity (Wildman–Crippen MR) is 119 cm³/mol. The topological polar surface area (TPSA) is 140 Å². The second-order valence-corrected chi connectivity index (χ2v) is 13.5. The van der Waals surface area contributed by atoms with Gasteiger partial charge in [0.15, 0.2) is 19.7 Å². The summed E-state index contributed by atoms with van der Waals surface area (Å²) in [6.07, 6.45) is 1.25. The Bertz CT molecular complexity index is 1240. The van der Waals surface area contributed by atoms with Crippen LogP contribution in [0.3, 0.4) is 0 Å². The summed E-state index contributed by atoms with van der Waals surface area (Å²) in [5, 5.41) is 7.10. The molecule has 0 saturated carbocycles. The molecule has 0 spiro atoms. The van der Waals surface area contributed by atoms with Crippen LogP contribution in [0.4, 0.5) is 0 Å². The number of primary sulfonamides is 1. The van der Waals surface area contributed by atoms with E-state index in [2.05, 4.69) is 5.32 Å². The maximum Gasteiger partial charge on any atom is 0.238 e. The Morgan fingerprint density at radius 2 is 1.45 bits per heavy atom. The predicted octanol–water partition coefficient (Wildman–Crippen LogP) is 0.668. The van der Waals surface area contributed by atoms with Crippen molar-refractivity contribution in [3.8, 4) is 0 Å². The van der Waals surface area contributed by atoms with Crippen molar-refractivity contribution >= 4 is 29.7 Å². The molecule has 2 unspecified atom stereocenters. The average Bonchev–Trinajstić information content (AvgIpc) is 3.03. The van der Waals surface area contributed by atoms with Gasteiger partial charge < -0.3 is 5.32 Å². The number of benzene rings is 2. The molecule has 170 valence electrons. The molecule has 0 aromatic heterocycles. The number of rotatable bonds is 8. The smallest absolute Gasteiger partial charge is 0.238 e. The van der Waals surface area contributed by atoms with Gasteiger partial charge in [0.2, 0.25) is 10.0 Å². The standard InChI is InChI=1S/C20H26N2O6S3/c1-2-15-3-7-17(8-4-15)30(25,26)20-14-29(23,24)13-19(20)22-12-11-16-5-9-18(10-6-16)31(21,27)28/h3-10,19-20,22H,2,11-14H2,1H3,(H2,21,27,28). The van der Waals surface area contributed by atoms with Gasteiger partial charge in [0.25, 0.3) is 0 Å². The summed E-state index contributed by atoms with van der Waals surface area (Å²) in [5.74, 6) is -0.653. The molecule has 1 aliphatic heterocycles. The largest absolute Gasteiger partial charge is 0.311 e. The first-order valence-corrected chi connectivity index (χ1v) is 14.7. The van der Waals surface area contributed by atoms with Crippen molar-refractivity contribution in [1.82, 2.24) is 5.32 Å². The van der Waals surface area contributed by atoms with Crippen molar-refractivity contribution in [3.63, 3.8) is 0 Å². The number of nitrogens with one attached hydrogen (secondary N) is 1. The molecule has 0 amide bonds. The van der Waals surface area contributed by atoms with E-state index in [1.165, 1.54) is 24.3 Å². The van der Waals surface area contributed by atoms with Gasteiger partial charge in [0.1, 0.15) is 0 Å². The fourth-order valence-corrected chi connectivity index (χ4v) is 8.88. The van der Waals surface area contributed by atoms with Crippen molar-refractivity contribution in [2.45, 2.75) is 40.8 Å². The van der Waals surface area contributed by atoms with Crippen LogP contribution in [-0.4, -0.2) is 54.6 Å². The van der Waals surface area contributed by atoms with Gasteiger partial charge in [-0.3, -0.25) is 0 Å². The Balaban J connectivity index is 1.71. The van der Waals surface area contributed by atoms with E-state index in [4.69, 9.17) is 5.14 Å². The quantitative estimate of drug-likeness (QED) is 0.559. The first kappa shape index (κ1) is 23.9. The Morgan fingerprint density at radius 3 is 2.00 bits per heavy atom. The van der Waals surface area contributed by atoms with E-state index in [0.29, 0.717) is 13.0 Å². The van der Waals surface area contributed by atoms with Crippen molar-refractivity contribution < 1.29 is 25.3 Å². The lowest BCUT2D eigenvalue weighted by atomic mass is 10.1. The maximum atomic E-state index is 13.1. The van der Waals surface area contributed by atoms with Gasteiger partial charge in [-0.15, -0.1) is 0 Å². The second kappa shape index (κ2) is 8.99. The van der Waals surface area contributed by atoms with Crippen molar-refractivity contribution in [2.75, 3.05) is 18.1 Å². The van der Waals surface area contributed by atoms with Gasteiger partial charge in [-0.25, -0.2) is 30.4 Å². The number of hydrogen-bond donors (Lipinski definition) is 2. The molecule has 3 N–H and O–H groups in total. The van der Waals surface area contributed by atoms with Gasteiger partial charge in [0, 0.05) is 6.04 Å². The van der Waals surface area contributed by atoms with Crippen LogP contribution in [0.5, 0.6) is 0 Å². The van der Waals surface area contributed by atoms with E-state index in [-0.39, 0.29) is 15.5 Å². The number of aryl methyl sites for hydroxylation is 1. The molecule has 3 rings (SSSR count). The monoisotopic (exact) mass is 486 g/mol. The Morgan fingerprint density at radius 1 is 0.903 bits per heavy atom. The Hall–Kier alpha value is -1.79. The summed E-state index contributed by atoms with van der Waals surface area (Å²) in [5.41, 5.74) is 1.82. The molecule has 1 heterocycles. The van der Waals surface area contributed by atoms with Gasteiger partial charge >= 0.3 is 0 Å². The van der Waals surface area contributed by atoms with Crippen molar-refractivity contribution in [1.29, 1.82) is 0 Å². The van der Waals surface area contributed by atoms with Crippen molar-refractivity contribution in [2.24, 2.45) is 5.14 Å². The summed E-state index contributed by atoms with van der Waals surface area (Å²) in [6.45, 7) is 2.31. The molecule has 2 aromatic carbocycles. The molecule has 0 bridgehead atoms. The highest BCUT2D eigenvalue weighted by atomic mass is 32.2. The summed E-state index contributed by atoms with van der Waals surface area (Å²) >= 11 is 0. The molecular weight excluding hydrogens is 460 g/mol. The van der Waals surface area contributed by atoms with Crippen LogP contribution in [0.25, 0.3) is 0 Å². The number of sulfonamides is 1. The fourth-order valence-electron chi connectivity index (χ4n) is 3.65. The molecule has 2 aromatic rings. The van der Waals surface area contributed by atoms with E-state index >= 15 is 0 Å². The van der Waals surface area contributed by atoms with Crippen LogP contribution in [0.15, 0.2) is 58.3 Å². The van der Waals surface area contributed by atoms with Gasteiger partial charge in [0.05, 0.1) is 26.5 Å². The minimum absolute atomic E-state index is 0.00587. The molecule has 2 atom stereocenters. The van der Waals surface area contributed by atoms with Gasteiger partial charge in [-0.05, 0) is 54.8 Å². The first-order chi connectivity index (χ1) is 14.4. The third kappa shape index (κ3) is 5.72. The van der Waals surface area contributed by atoms with E-state index < -0.39 is 46.7 Å². The minimum atomic E-state index is -3.82. The SMILES string of the molecule is CCc1ccc(S(=O)(=O)C2CS(=O)(=O)CC2NCCc2ccc(S(N)(=O)=O)cc2)cc1. The highest BCUT2D eigenvalue weighted by molar-refractivity contribution is 7.96. The lowest BCUT2D eigenvalue weighted by Gasteiger charge is -2.20. The Labute approximate surface area is 183 Å². The zero-order chi connectivity index (χ0) is 22.9. The van der Waals surface area contributed by atoms with Crippen LogP contribution in [0, 0.1) is 0 Å². The molecule has 0 aliphatic carbocycles. The third-order valence-electron chi connectivity index (χ3n) is 5.43. The minimum Gasteiger partial charge on any atom is -0.311 e. The second-order valence-electron chi connectivity index (χ2n) is 7.66. The highest BCUT2D eigenvalue weighted by Crippen LogP contribution is 2.26. The first-order valence-electron chi connectivity index (χ1n) is 9.81. The number of sulfone groups is 2. The molecular formula is C20H26N2O6S3. The van der Waals surface area contributed by atoms with Gasteiger partial charge in [-0.2, -0.15) is 0 Å². The molecule has 1 saturated heterocycles. The lowest BCUT2D eigenvalue weighted by molar-refractivity contribution is 0.528. The molecule has 1 aliphatic rings. The summed E-state index contributed by atoms with van der Waals surface area (Å²) in [4.78, 5) is 0.128. The fraction of sp³-hybridized carbons (Fsp3) is 0.400. The normalized spacial score (nSPS) is 21.2. The summed E-state index contributed by atoms with van der Waals surface area (Å²) in [7, 11) is -11.1. The van der Waals surface area contributed by atoms with E-state index in [1.54, 1.807) is 24.3 Å².